The van der Waals surface area contributed by atoms with E-state index in [1.165, 1.54) is 11.3 Å². The fourth-order valence-corrected chi connectivity index (χ4v) is 3.24. The summed E-state index contributed by atoms with van der Waals surface area (Å²) in [5.41, 5.74) is 1.81. The molecule has 1 heterocycles. The summed E-state index contributed by atoms with van der Waals surface area (Å²) in [6, 6.07) is 7.57. The van der Waals surface area contributed by atoms with Crippen molar-refractivity contribution in [3.8, 4) is 0 Å². The third-order valence-electron chi connectivity index (χ3n) is 2.50. The van der Waals surface area contributed by atoms with Gasteiger partial charge >= 0.3 is 0 Å². The molecule has 0 spiro atoms. The standard InChI is InChI=1S/C13H10Br2OS/c1-7-5-9(3-4-10(7)14)13(16)12-6-11(15)8(2)17-12/h3-6H,1-2H3. The number of ketones is 1. The zero-order valence-corrected chi connectivity index (χ0v) is 13.4. The van der Waals surface area contributed by atoms with Gasteiger partial charge in [0.05, 0.1) is 4.88 Å². The van der Waals surface area contributed by atoms with Crippen molar-refractivity contribution < 1.29 is 4.79 Å². The molecule has 1 nitrogen and oxygen atoms in total. The number of carbonyl (C=O) groups is 1. The van der Waals surface area contributed by atoms with Gasteiger partial charge in [0.1, 0.15) is 0 Å². The Morgan fingerprint density at radius 2 is 1.82 bits per heavy atom. The molecule has 17 heavy (non-hydrogen) atoms. The van der Waals surface area contributed by atoms with Crippen LogP contribution in [0.2, 0.25) is 0 Å². The van der Waals surface area contributed by atoms with Crippen LogP contribution in [0, 0.1) is 13.8 Å². The van der Waals surface area contributed by atoms with Gasteiger partial charge < -0.3 is 0 Å². The zero-order valence-electron chi connectivity index (χ0n) is 9.38. The lowest BCUT2D eigenvalue weighted by Gasteiger charge is -2.01. The van der Waals surface area contributed by atoms with Gasteiger partial charge in [-0.05, 0) is 59.6 Å². The van der Waals surface area contributed by atoms with Gasteiger partial charge in [0.25, 0.3) is 0 Å². The molecule has 0 amide bonds. The second-order valence-electron chi connectivity index (χ2n) is 3.81. The summed E-state index contributed by atoms with van der Waals surface area (Å²) < 4.78 is 2.03. The molecule has 0 aliphatic carbocycles. The van der Waals surface area contributed by atoms with Crippen molar-refractivity contribution >= 4 is 49.0 Å². The van der Waals surface area contributed by atoms with Gasteiger partial charge in [-0.25, -0.2) is 0 Å². The molecule has 0 atom stereocenters. The Hall–Kier alpha value is -0.450. The smallest absolute Gasteiger partial charge is 0.202 e. The number of benzene rings is 1. The molecule has 0 N–H and O–H groups in total. The molecule has 0 saturated carbocycles. The molecule has 0 saturated heterocycles. The third-order valence-corrected chi connectivity index (χ3v) is 5.53. The predicted octanol–water partition coefficient (Wildman–Crippen LogP) is 5.12. The highest BCUT2D eigenvalue weighted by molar-refractivity contribution is 9.10. The summed E-state index contributed by atoms with van der Waals surface area (Å²) >= 11 is 8.39. The van der Waals surface area contributed by atoms with Gasteiger partial charge in [-0.2, -0.15) is 0 Å². The van der Waals surface area contributed by atoms with Crippen LogP contribution in [0.3, 0.4) is 0 Å². The van der Waals surface area contributed by atoms with E-state index in [9.17, 15) is 4.79 Å². The van der Waals surface area contributed by atoms with E-state index >= 15 is 0 Å². The van der Waals surface area contributed by atoms with Crippen LogP contribution in [-0.4, -0.2) is 5.78 Å². The van der Waals surface area contributed by atoms with Crippen LogP contribution in [0.25, 0.3) is 0 Å². The van der Waals surface area contributed by atoms with Crippen molar-refractivity contribution in [3.05, 3.63) is 54.1 Å². The van der Waals surface area contributed by atoms with Gasteiger partial charge in [-0.1, -0.05) is 15.9 Å². The Morgan fingerprint density at radius 3 is 2.35 bits per heavy atom. The quantitative estimate of drug-likeness (QED) is 0.667. The molecule has 0 bridgehead atoms. The lowest BCUT2D eigenvalue weighted by Crippen LogP contribution is -1.98. The number of hydrogen-bond acceptors (Lipinski definition) is 2. The Balaban J connectivity index is 2.40. The highest BCUT2D eigenvalue weighted by Crippen LogP contribution is 2.28. The van der Waals surface area contributed by atoms with E-state index in [-0.39, 0.29) is 5.78 Å². The number of halogens is 2. The van der Waals surface area contributed by atoms with E-state index in [4.69, 9.17) is 0 Å². The Labute approximate surface area is 121 Å². The second kappa shape index (κ2) is 5.04. The van der Waals surface area contributed by atoms with Gasteiger partial charge in [0.2, 0.25) is 5.78 Å². The summed E-state index contributed by atoms with van der Waals surface area (Å²) in [7, 11) is 0. The summed E-state index contributed by atoms with van der Waals surface area (Å²) in [5.74, 6) is 0.0828. The molecule has 0 fully saturated rings. The first-order chi connectivity index (χ1) is 7.99. The van der Waals surface area contributed by atoms with Crippen LogP contribution in [0.4, 0.5) is 0 Å². The Bertz CT molecular complexity index is 568. The molecule has 0 radical (unpaired) electrons. The van der Waals surface area contributed by atoms with Crippen molar-refractivity contribution in [1.82, 2.24) is 0 Å². The van der Waals surface area contributed by atoms with E-state index in [0.717, 1.165) is 29.8 Å². The van der Waals surface area contributed by atoms with E-state index in [1.807, 2.05) is 38.1 Å². The molecule has 4 heteroatoms. The van der Waals surface area contributed by atoms with Crippen LogP contribution < -0.4 is 0 Å². The molecule has 0 aliphatic rings. The van der Waals surface area contributed by atoms with Crippen LogP contribution in [0.15, 0.2) is 33.2 Å². The maximum atomic E-state index is 12.2. The van der Waals surface area contributed by atoms with Crippen LogP contribution in [0.5, 0.6) is 0 Å². The fraction of sp³-hybridized carbons (Fsp3) is 0.154. The first-order valence-electron chi connectivity index (χ1n) is 5.06. The average Bonchev–Trinajstić information content (AvgIpc) is 2.62. The molecular formula is C13H10Br2OS. The Morgan fingerprint density at radius 1 is 1.12 bits per heavy atom. The monoisotopic (exact) mass is 372 g/mol. The summed E-state index contributed by atoms with van der Waals surface area (Å²) in [5, 5.41) is 0. The molecule has 0 aliphatic heterocycles. The number of aryl methyl sites for hydroxylation is 2. The second-order valence-corrected chi connectivity index (χ2v) is 6.77. The number of carbonyl (C=O) groups excluding carboxylic acids is 1. The molecule has 0 unspecified atom stereocenters. The van der Waals surface area contributed by atoms with Gasteiger partial charge in [-0.15, -0.1) is 11.3 Å². The zero-order chi connectivity index (χ0) is 12.6. The van der Waals surface area contributed by atoms with E-state index < -0.39 is 0 Å². The van der Waals surface area contributed by atoms with Gasteiger partial charge in [0, 0.05) is 19.4 Å². The van der Waals surface area contributed by atoms with Crippen molar-refractivity contribution in [2.45, 2.75) is 13.8 Å². The molecule has 88 valence electrons. The normalized spacial score (nSPS) is 10.6. The molecule has 2 rings (SSSR count). The van der Waals surface area contributed by atoms with E-state index in [2.05, 4.69) is 31.9 Å². The first kappa shape index (κ1) is 13.0. The molecule has 2 aromatic rings. The van der Waals surface area contributed by atoms with Crippen LogP contribution in [0.1, 0.15) is 25.7 Å². The Kier molecular flexibility index (Phi) is 3.85. The molecule has 1 aromatic heterocycles. The van der Waals surface area contributed by atoms with Crippen molar-refractivity contribution in [1.29, 1.82) is 0 Å². The van der Waals surface area contributed by atoms with E-state index in [1.54, 1.807) is 0 Å². The van der Waals surface area contributed by atoms with Crippen molar-refractivity contribution in [3.63, 3.8) is 0 Å². The first-order valence-corrected chi connectivity index (χ1v) is 7.46. The van der Waals surface area contributed by atoms with Crippen molar-refractivity contribution in [2.24, 2.45) is 0 Å². The van der Waals surface area contributed by atoms with Crippen molar-refractivity contribution in [2.75, 3.05) is 0 Å². The minimum Gasteiger partial charge on any atom is -0.288 e. The number of hydrogen-bond donors (Lipinski definition) is 0. The summed E-state index contributed by atoms with van der Waals surface area (Å²) in [6.45, 7) is 3.98. The summed E-state index contributed by atoms with van der Waals surface area (Å²) in [6.07, 6.45) is 0. The largest absolute Gasteiger partial charge is 0.288 e. The highest BCUT2D eigenvalue weighted by atomic mass is 79.9. The lowest BCUT2D eigenvalue weighted by molar-refractivity contribution is 0.104. The SMILES string of the molecule is Cc1cc(C(=O)c2cc(Br)c(C)s2)ccc1Br. The number of thiophene rings is 1. The van der Waals surface area contributed by atoms with Gasteiger partial charge in [0.15, 0.2) is 0 Å². The highest BCUT2D eigenvalue weighted by Gasteiger charge is 2.14. The lowest BCUT2D eigenvalue weighted by atomic mass is 10.1. The maximum absolute atomic E-state index is 12.2. The maximum Gasteiger partial charge on any atom is 0.202 e. The summed E-state index contributed by atoms with van der Waals surface area (Å²) in [4.78, 5) is 14.2. The predicted molar refractivity (Wildman–Crippen MR) is 79.1 cm³/mol. The third kappa shape index (κ3) is 2.69. The molecular weight excluding hydrogens is 364 g/mol. The number of rotatable bonds is 2. The van der Waals surface area contributed by atoms with E-state index in [0.29, 0.717) is 0 Å². The van der Waals surface area contributed by atoms with Crippen LogP contribution >= 0.6 is 43.2 Å². The minimum atomic E-state index is 0.0828. The topological polar surface area (TPSA) is 17.1 Å². The fourth-order valence-electron chi connectivity index (χ4n) is 1.50. The van der Waals surface area contributed by atoms with Crippen LogP contribution in [-0.2, 0) is 0 Å². The van der Waals surface area contributed by atoms with Gasteiger partial charge in [-0.3, -0.25) is 4.79 Å². The molecule has 1 aromatic carbocycles. The average molecular weight is 374 g/mol. The minimum absolute atomic E-state index is 0.0828.